The summed E-state index contributed by atoms with van der Waals surface area (Å²) in [5.74, 6) is 0.117. The van der Waals surface area contributed by atoms with E-state index in [2.05, 4.69) is 36.6 Å². The molecule has 0 aliphatic carbocycles. The highest BCUT2D eigenvalue weighted by molar-refractivity contribution is 7.80. The highest BCUT2D eigenvalue weighted by Crippen LogP contribution is 2.28. The van der Waals surface area contributed by atoms with E-state index in [-0.39, 0.29) is 12.0 Å². The fourth-order valence-electron chi connectivity index (χ4n) is 2.40. The third-order valence-electron chi connectivity index (χ3n) is 3.61. The van der Waals surface area contributed by atoms with Crippen molar-refractivity contribution in [2.24, 2.45) is 0 Å². The van der Waals surface area contributed by atoms with E-state index in [1.165, 1.54) is 12.7 Å². The van der Waals surface area contributed by atoms with Gasteiger partial charge in [0.15, 0.2) is 5.11 Å². The Morgan fingerprint density at radius 3 is 2.43 bits per heavy atom. The van der Waals surface area contributed by atoms with E-state index in [0.717, 1.165) is 11.3 Å². The summed E-state index contributed by atoms with van der Waals surface area (Å²) in [6.45, 7) is 6.13. The van der Waals surface area contributed by atoms with E-state index < -0.39 is 0 Å². The minimum absolute atomic E-state index is 0.285. The van der Waals surface area contributed by atoms with Gasteiger partial charge in [-0.1, -0.05) is 38.1 Å². The standard InChI is InChI=1S/C16H20N2O2S/c1-9(2)11-5-7-12(8-6-11)14-13(15(19)20-4)10(3)17-16(21)18-14/h5-9,14H,1-4H3,(H2,17,18,21)/t14-/m0/s1. The van der Waals surface area contributed by atoms with E-state index in [4.69, 9.17) is 17.0 Å². The van der Waals surface area contributed by atoms with Crippen molar-refractivity contribution in [1.29, 1.82) is 0 Å². The molecule has 1 aliphatic heterocycles. The molecule has 2 rings (SSSR count). The topological polar surface area (TPSA) is 50.4 Å². The zero-order valence-corrected chi connectivity index (χ0v) is 13.5. The summed E-state index contributed by atoms with van der Waals surface area (Å²) in [6.07, 6.45) is 0. The maximum Gasteiger partial charge on any atom is 0.337 e. The third kappa shape index (κ3) is 3.24. The van der Waals surface area contributed by atoms with Gasteiger partial charge in [-0.3, -0.25) is 0 Å². The molecule has 0 radical (unpaired) electrons. The number of benzene rings is 1. The van der Waals surface area contributed by atoms with Crippen LogP contribution in [-0.4, -0.2) is 18.2 Å². The number of ether oxygens (including phenoxy) is 1. The SMILES string of the molecule is COC(=O)C1=C(C)NC(=S)N[C@H]1c1ccc(C(C)C)cc1. The Bertz CT molecular complexity index is 591. The number of hydrogen-bond acceptors (Lipinski definition) is 3. The zero-order valence-electron chi connectivity index (χ0n) is 12.7. The molecule has 5 heteroatoms. The molecule has 1 atom stereocenters. The van der Waals surface area contributed by atoms with Crippen LogP contribution in [0.5, 0.6) is 0 Å². The van der Waals surface area contributed by atoms with Crippen LogP contribution >= 0.6 is 12.2 Å². The summed E-state index contributed by atoms with van der Waals surface area (Å²) in [5.41, 5.74) is 3.53. The van der Waals surface area contributed by atoms with Crippen LogP contribution in [0.25, 0.3) is 0 Å². The Morgan fingerprint density at radius 2 is 1.90 bits per heavy atom. The van der Waals surface area contributed by atoms with Gasteiger partial charge in [0, 0.05) is 5.70 Å². The molecule has 0 aromatic heterocycles. The van der Waals surface area contributed by atoms with Crippen molar-refractivity contribution in [3.8, 4) is 0 Å². The van der Waals surface area contributed by atoms with Crippen LogP contribution in [0.1, 0.15) is 43.9 Å². The molecular weight excluding hydrogens is 284 g/mol. The van der Waals surface area contributed by atoms with Gasteiger partial charge in [0.2, 0.25) is 0 Å². The molecule has 0 spiro atoms. The molecule has 1 aromatic carbocycles. The monoisotopic (exact) mass is 304 g/mol. The normalized spacial score (nSPS) is 18.3. The van der Waals surface area contributed by atoms with Gasteiger partial charge in [-0.05, 0) is 36.2 Å². The summed E-state index contributed by atoms with van der Waals surface area (Å²) in [5, 5.41) is 6.62. The summed E-state index contributed by atoms with van der Waals surface area (Å²) in [4.78, 5) is 12.0. The smallest absolute Gasteiger partial charge is 0.337 e. The van der Waals surface area contributed by atoms with Crippen molar-refractivity contribution in [2.45, 2.75) is 32.7 Å². The Morgan fingerprint density at radius 1 is 1.29 bits per heavy atom. The lowest BCUT2D eigenvalue weighted by Gasteiger charge is -2.29. The van der Waals surface area contributed by atoms with Crippen molar-refractivity contribution in [2.75, 3.05) is 7.11 Å². The number of carbonyl (C=O) groups is 1. The van der Waals surface area contributed by atoms with Gasteiger partial charge in [0.25, 0.3) is 0 Å². The number of methoxy groups -OCH3 is 1. The van der Waals surface area contributed by atoms with Crippen molar-refractivity contribution < 1.29 is 9.53 Å². The van der Waals surface area contributed by atoms with Gasteiger partial charge < -0.3 is 15.4 Å². The average molecular weight is 304 g/mol. The summed E-state index contributed by atoms with van der Waals surface area (Å²) >= 11 is 5.19. The van der Waals surface area contributed by atoms with Gasteiger partial charge in [-0.2, -0.15) is 0 Å². The molecule has 1 aromatic rings. The number of thiocarbonyl (C=S) groups is 1. The first-order chi connectivity index (χ1) is 9.93. The first kappa shape index (κ1) is 15.5. The quantitative estimate of drug-likeness (QED) is 0.664. The van der Waals surface area contributed by atoms with Crippen molar-refractivity contribution >= 4 is 23.3 Å². The fraction of sp³-hybridized carbons (Fsp3) is 0.375. The summed E-state index contributed by atoms with van der Waals surface area (Å²) in [7, 11) is 1.38. The number of nitrogens with one attached hydrogen (secondary N) is 2. The van der Waals surface area contributed by atoms with Gasteiger partial charge in [0.05, 0.1) is 18.7 Å². The van der Waals surface area contributed by atoms with Crippen LogP contribution in [0, 0.1) is 0 Å². The molecule has 0 fully saturated rings. The highest BCUT2D eigenvalue weighted by Gasteiger charge is 2.30. The fourth-order valence-corrected chi connectivity index (χ4v) is 2.67. The molecular formula is C16H20N2O2S. The zero-order chi connectivity index (χ0) is 15.6. The largest absolute Gasteiger partial charge is 0.466 e. The van der Waals surface area contributed by atoms with Crippen molar-refractivity contribution in [3.63, 3.8) is 0 Å². The minimum Gasteiger partial charge on any atom is -0.466 e. The summed E-state index contributed by atoms with van der Waals surface area (Å²) in [6, 6.07) is 7.93. The Labute approximate surface area is 130 Å². The van der Waals surface area contributed by atoms with Gasteiger partial charge in [0.1, 0.15) is 0 Å². The van der Waals surface area contributed by atoms with E-state index in [9.17, 15) is 4.79 Å². The molecule has 0 amide bonds. The minimum atomic E-state index is -0.354. The van der Waals surface area contributed by atoms with Gasteiger partial charge in [-0.15, -0.1) is 0 Å². The Hall–Kier alpha value is -1.88. The molecule has 1 aliphatic rings. The molecule has 0 unspecified atom stereocenters. The predicted octanol–water partition coefficient (Wildman–Crippen LogP) is 2.78. The highest BCUT2D eigenvalue weighted by atomic mass is 32.1. The van der Waals surface area contributed by atoms with E-state index in [1.807, 2.05) is 19.1 Å². The molecule has 0 saturated heterocycles. The van der Waals surface area contributed by atoms with Crippen LogP contribution in [0.4, 0.5) is 0 Å². The maximum absolute atomic E-state index is 12.0. The lowest BCUT2D eigenvalue weighted by Crippen LogP contribution is -2.45. The number of carbonyl (C=O) groups excluding carboxylic acids is 1. The van der Waals surface area contributed by atoms with Crippen molar-refractivity contribution in [1.82, 2.24) is 10.6 Å². The second-order valence-electron chi connectivity index (χ2n) is 5.38. The molecule has 0 bridgehead atoms. The number of hydrogen-bond donors (Lipinski definition) is 2. The average Bonchev–Trinajstić information content (AvgIpc) is 2.45. The Balaban J connectivity index is 2.41. The number of rotatable bonds is 3. The molecule has 2 N–H and O–H groups in total. The van der Waals surface area contributed by atoms with Crippen molar-refractivity contribution in [3.05, 3.63) is 46.7 Å². The molecule has 21 heavy (non-hydrogen) atoms. The molecule has 1 heterocycles. The summed E-state index contributed by atoms with van der Waals surface area (Å²) < 4.78 is 4.89. The molecule has 0 saturated carbocycles. The van der Waals surface area contributed by atoms with E-state index >= 15 is 0 Å². The van der Waals surface area contributed by atoms with Gasteiger partial charge >= 0.3 is 5.97 Å². The number of esters is 1. The van der Waals surface area contributed by atoms with Crippen LogP contribution in [0.2, 0.25) is 0 Å². The van der Waals surface area contributed by atoms with E-state index in [1.54, 1.807) is 0 Å². The second kappa shape index (κ2) is 6.26. The molecule has 112 valence electrons. The Kier molecular flexibility index (Phi) is 4.63. The van der Waals surface area contributed by atoms with Gasteiger partial charge in [-0.25, -0.2) is 4.79 Å². The first-order valence-corrected chi connectivity index (χ1v) is 7.31. The molecule has 4 nitrogen and oxygen atoms in total. The predicted molar refractivity (Wildman–Crippen MR) is 86.9 cm³/mol. The van der Waals surface area contributed by atoms with Crippen LogP contribution < -0.4 is 10.6 Å². The second-order valence-corrected chi connectivity index (χ2v) is 5.79. The van der Waals surface area contributed by atoms with Crippen LogP contribution in [0.15, 0.2) is 35.5 Å². The lowest BCUT2D eigenvalue weighted by molar-refractivity contribution is -0.136. The van der Waals surface area contributed by atoms with Crippen LogP contribution in [-0.2, 0) is 9.53 Å². The number of allylic oxidation sites excluding steroid dienone is 1. The third-order valence-corrected chi connectivity index (χ3v) is 3.83. The van der Waals surface area contributed by atoms with Crippen LogP contribution in [0.3, 0.4) is 0 Å². The maximum atomic E-state index is 12.0. The lowest BCUT2D eigenvalue weighted by atomic mass is 9.93. The van der Waals surface area contributed by atoms with E-state index in [0.29, 0.717) is 16.6 Å². The first-order valence-electron chi connectivity index (χ1n) is 6.90.